The minimum absolute atomic E-state index is 0.256. The van der Waals surface area contributed by atoms with Crippen molar-refractivity contribution in [1.29, 1.82) is 0 Å². The van der Waals surface area contributed by atoms with E-state index in [1.54, 1.807) is 18.2 Å². The second-order valence-electron chi connectivity index (χ2n) is 8.37. The fourth-order valence-corrected chi connectivity index (χ4v) is 4.29. The number of rotatable bonds is 3. The Hall–Kier alpha value is -3.22. The number of anilines is 2. The maximum atomic E-state index is 11.4. The number of nitrogens with zero attached hydrogens (tertiary/aromatic N) is 2. The van der Waals surface area contributed by atoms with Crippen LogP contribution >= 0.6 is 0 Å². The minimum Gasteiger partial charge on any atom is -0.479 e. The number of carboxylic acids is 1. The average molecular weight is 470 g/mol. The number of aliphatic hydroxyl groups is 3. The quantitative estimate of drug-likeness (QED) is 0.361. The Morgan fingerprint density at radius 1 is 1.03 bits per heavy atom. The zero-order valence-corrected chi connectivity index (χ0v) is 18.2. The second-order valence-corrected chi connectivity index (χ2v) is 8.37. The van der Waals surface area contributed by atoms with Crippen LogP contribution in [-0.4, -0.2) is 94.0 Å². The van der Waals surface area contributed by atoms with Gasteiger partial charge in [-0.2, -0.15) is 0 Å². The third-order valence-electron chi connectivity index (χ3n) is 6.11. The highest BCUT2D eigenvalue weighted by Gasteiger charge is 2.48. The van der Waals surface area contributed by atoms with Gasteiger partial charge in [-0.25, -0.2) is 9.79 Å². The summed E-state index contributed by atoms with van der Waals surface area (Å²) in [6, 6.07) is 13.0. The molecule has 2 aromatic rings. The fourth-order valence-electron chi connectivity index (χ4n) is 4.29. The standard InChI is InChI=1S/C23H26N4O7/c28-17-18(29)20(22(31)32)34-23(19(17)30)33-12-5-6-15-16(11-12)26-21(27-9-7-24-8-10-27)13-3-1-2-4-14(13)25-15/h1-6,11,17-20,23-25,28-30H,7-10H2,(H,31,32)/t17-,18-,19+,20-,23+/m0/s1. The topological polar surface area (TPSA) is 156 Å². The van der Waals surface area contributed by atoms with E-state index in [2.05, 4.69) is 15.5 Å². The predicted molar refractivity (Wildman–Crippen MR) is 122 cm³/mol. The third kappa shape index (κ3) is 4.19. The molecule has 180 valence electrons. The zero-order chi connectivity index (χ0) is 23.8. The van der Waals surface area contributed by atoms with Crippen LogP contribution < -0.4 is 15.4 Å². The van der Waals surface area contributed by atoms with Gasteiger partial charge in [-0.3, -0.25) is 0 Å². The number of hydrogen-bond donors (Lipinski definition) is 6. The van der Waals surface area contributed by atoms with Crippen LogP contribution in [0.25, 0.3) is 0 Å². The number of fused-ring (bicyclic) bond motifs is 2. The molecular weight excluding hydrogens is 444 g/mol. The van der Waals surface area contributed by atoms with Gasteiger partial charge in [-0.05, 0) is 24.3 Å². The van der Waals surface area contributed by atoms with Crippen molar-refractivity contribution in [3.8, 4) is 5.75 Å². The Bertz CT molecular complexity index is 1100. The molecule has 0 bridgehead atoms. The summed E-state index contributed by atoms with van der Waals surface area (Å²) in [6.45, 7) is 3.30. The van der Waals surface area contributed by atoms with Crippen molar-refractivity contribution in [3.63, 3.8) is 0 Å². The predicted octanol–water partition coefficient (Wildman–Crippen LogP) is -0.00190. The first kappa shape index (κ1) is 22.6. The molecule has 0 radical (unpaired) electrons. The molecule has 5 rings (SSSR count). The molecule has 34 heavy (non-hydrogen) atoms. The summed E-state index contributed by atoms with van der Waals surface area (Å²) < 4.78 is 10.9. The normalized spacial score (nSPS) is 28.6. The second kappa shape index (κ2) is 9.20. The maximum absolute atomic E-state index is 11.4. The van der Waals surface area contributed by atoms with Gasteiger partial charge in [0.1, 0.15) is 29.9 Å². The van der Waals surface area contributed by atoms with Crippen LogP contribution in [0.1, 0.15) is 5.56 Å². The summed E-state index contributed by atoms with van der Waals surface area (Å²) in [4.78, 5) is 18.5. The molecular formula is C23H26N4O7. The number of amidine groups is 1. The van der Waals surface area contributed by atoms with E-state index < -0.39 is 36.7 Å². The van der Waals surface area contributed by atoms with Crippen LogP contribution in [-0.2, 0) is 9.53 Å². The van der Waals surface area contributed by atoms with Crippen molar-refractivity contribution in [2.45, 2.75) is 30.7 Å². The number of hydrogen-bond acceptors (Lipinski definition) is 10. The summed E-state index contributed by atoms with van der Waals surface area (Å²) >= 11 is 0. The molecule has 2 aromatic carbocycles. The van der Waals surface area contributed by atoms with Gasteiger partial charge in [0.05, 0.1) is 11.4 Å². The summed E-state index contributed by atoms with van der Waals surface area (Å²) in [5.41, 5.74) is 3.21. The van der Waals surface area contributed by atoms with E-state index in [9.17, 15) is 25.2 Å². The van der Waals surface area contributed by atoms with E-state index in [1.807, 2.05) is 24.3 Å². The third-order valence-corrected chi connectivity index (χ3v) is 6.11. The van der Waals surface area contributed by atoms with Crippen molar-refractivity contribution in [2.24, 2.45) is 4.99 Å². The van der Waals surface area contributed by atoms with Gasteiger partial charge >= 0.3 is 5.97 Å². The van der Waals surface area contributed by atoms with Crippen molar-refractivity contribution in [1.82, 2.24) is 10.2 Å². The van der Waals surface area contributed by atoms with E-state index in [0.717, 1.165) is 49.0 Å². The average Bonchev–Trinajstić information content (AvgIpc) is 3.01. The molecule has 0 aromatic heterocycles. The number of aliphatic hydroxyl groups excluding tert-OH is 3. The number of carboxylic acid groups (broad SMARTS) is 1. The van der Waals surface area contributed by atoms with Gasteiger partial charge < -0.3 is 45.4 Å². The van der Waals surface area contributed by atoms with Gasteiger partial charge in [-0.15, -0.1) is 0 Å². The van der Waals surface area contributed by atoms with E-state index >= 15 is 0 Å². The Kier molecular flexibility index (Phi) is 6.11. The van der Waals surface area contributed by atoms with Gasteiger partial charge in [0.25, 0.3) is 0 Å². The molecule has 0 unspecified atom stereocenters. The lowest BCUT2D eigenvalue weighted by Crippen LogP contribution is -2.61. The smallest absolute Gasteiger partial charge is 0.335 e. The Morgan fingerprint density at radius 2 is 1.79 bits per heavy atom. The Balaban J connectivity index is 1.47. The number of ether oxygens (including phenoxy) is 2. The van der Waals surface area contributed by atoms with Crippen LogP contribution in [0.4, 0.5) is 17.1 Å². The first-order valence-corrected chi connectivity index (χ1v) is 11.1. The molecule has 0 aliphatic carbocycles. The van der Waals surface area contributed by atoms with Crippen molar-refractivity contribution < 1.29 is 34.7 Å². The molecule has 0 amide bonds. The van der Waals surface area contributed by atoms with Gasteiger partial charge in [-0.1, -0.05) is 12.1 Å². The lowest BCUT2D eigenvalue weighted by Gasteiger charge is -2.38. The zero-order valence-electron chi connectivity index (χ0n) is 18.2. The SMILES string of the molecule is O=C(O)[C@H]1O[C@@H](Oc2ccc3c(c2)N=C(N2CCNCC2)c2ccccc2N3)[C@H](O)[C@@H](O)[C@@H]1O. The molecule has 5 atom stereocenters. The molecule has 6 N–H and O–H groups in total. The number of piperazine rings is 1. The number of para-hydroxylation sites is 1. The molecule has 3 aliphatic rings. The summed E-state index contributed by atoms with van der Waals surface area (Å²) in [7, 11) is 0. The lowest BCUT2D eigenvalue weighted by atomic mass is 9.99. The van der Waals surface area contributed by atoms with Crippen LogP contribution in [0.2, 0.25) is 0 Å². The first-order chi connectivity index (χ1) is 16.4. The van der Waals surface area contributed by atoms with Gasteiger partial charge in [0.15, 0.2) is 6.10 Å². The van der Waals surface area contributed by atoms with E-state index in [-0.39, 0.29) is 5.75 Å². The largest absolute Gasteiger partial charge is 0.479 e. The van der Waals surface area contributed by atoms with Crippen LogP contribution in [0.5, 0.6) is 5.75 Å². The van der Waals surface area contributed by atoms with Gasteiger partial charge in [0.2, 0.25) is 6.29 Å². The van der Waals surface area contributed by atoms with Crippen molar-refractivity contribution in [3.05, 3.63) is 48.0 Å². The molecule has 0 spiro atoms. The molecule has 3 heterocycles. The minimum atomic E-state index is -1.78. The first-order valence-electron chi connectivity index (χ1n) is 11.1. The lowest BCUT2D eigenvalue weighted by molar-refractivity contribution is -0.271. The van der Waals surface area contributed by atoms with Crippen molar-refractivity contribution >= 4 is 28.9 Å². The van der Waals surface area contributed by atoms with E-state index in [4.69, 9.17) is 14.5 Å². The summed E-state index contributed by atoms with van der Waals surface area (Å²) in [6.07, 6.45) is -8.41. The van der Waals surface area contributed by atoms with E-state index in [0.29, 0.717) is 5.69 Å². The number of aliphatic imine (C=N–C) groups is 1. The highest BCUT2D eigenvalue weighted by atomic mass is 16.7. The highest BCUT2D eigenvalue weighted by Crippen LogP contribution is 2.38. The van der Waals surface area contributed by atoms with Crippen LogP contribution in [0, 0.1) is 0 Å². The van der Waals surface area contributed by atoms with Gasteiger partial charge in [0, 0.05) is 43.5 Å². The number of benzene rings is 2. The maximum Gasteiger partial charge on any atom is 0.335 e. The highest BCUT2D eigenvalue weighted by molar-refractivity contribution is 6.07. The summed E-state index contributed by atoms with van der Waals surface area (Å²) in [5.74, 6) is -0.396. The number of nitrogens with one attached hydrogen (secondary N) is 2. The molecule has 11 heteroatoms. The van der Waals surface area contributed by atoms with Crippen molar-refractivity contribution in [2.75, 3.05) is 31.5 Å². The Morgan fingerprint density at radius 3 is 2.56 bits per heavy atom. The molecule has 11 nitrogen and oxygen atoms in total. The fraction of sp³-hybridized carbons (Fsp3) is 0.391. The summed E-state index contributed by atoms with van der Waals surface area (Å²) in [5, 5.41) is 46.2. The number of carbonyl (C=O) groups is 1. The molecule has 2 fully saturated rings. The number of aliphatic carboxylic acids is 1. The molecule has 3 aliphatic heterocycles. The monoisotopic (exact) mass is 470 g/mol. The van der Waals surface area contributed by atoms with Crippen LogP contribution in [0.15, 0.2) is 47.5 Å². The van der Waals surface area contributed by atoms with Crippen LogP contribution in [0.3, 0.4) is 0 Å². The molecule has 2 saturated heterocycles. The van der Waals surface area contributed by atoms with E-state index in [1.165, 1.54) is 0 Å². The Labute approximate surface area is 195 Å². The molecule has 0 saturated carbocycles.